The van der Waals surface area contributed by atoms with Crippen LogP contribution in [0.3, 0.4) is 0 Å². The van der Waals surface area contributed by atoms with Crippen molar-refractivity contribution in [3.63, 3.8) is 0 Å². The number of carbonyl (C=O) groups excluding carboxylic acids is 1. The van der Waals surface area contributed by atoms with Gasteiger partial charge in [0.15, 0.2) is 0 Å². The quantitative estimate of drug-likeness (QED) is 0.473. The van der Waals surface area contributed by atoms with Gasteiger partial charge in [0.2, 0.25) is 5.91 Å². The van der Waals surface area contributed by atoms with E-state index in [1.54, 1.807) is 0 Å². The van der Waals surface area contributed by atoms with Crippen LogP contribution in [-0.4, -0.2) is 64.9 Å². The molecule has 0 radical (unpaired) electrons. The largest absolute Gasteiger partial charge is 0.356 e. The van der Waals surface area contributed by atoms with Crippen LogP contribution in [-0.2, 0) is 17.8 Å². The number of thiophene rings is 1. The highest BCUT2D eigenvalue weighted by Gasteiger charge is 2.17. The third-order valence-corrected chi connectivity index (χ3v) is 7.47. The topological polar surface area (TPSA) is 81.3 Å². The minimum Gasteiger partial charge on any atom is -0.356 e. The lowest BCUT2D eigenvalue weighted by Gasteiger charge is -2.34. The number of aryl methyl sites for hydroxylation is 3. The maximum atomic E-state index is 12.4. The number of aromatic nitrogens is 2. The summed E-state index contributed by atoms with van der Waals surface area (Å²) in [6.45, 7) is 11.0. The van der Waals surface area contributed by atoms with Crippen molar-refractivity contribution in [3.05, 3.63) is 62.5 Å². The van der Waals surface area contributed by atoms with Gasteiger partial charge in [0, 0.05) is 57.0 Å². The molecule has 0 atom stereocenters. The molecule has 0 aliphatic carbocycles. The Morgan fingerprint density at radius 1 is 1.12 bits per heavy atom. The molecule has 8 heteroatoms. The summed E-state index contributed by atoms with van der Waals surface area (Å²) in [6, 6.07) is 10.6. The Morgan fingerprint density at radius 3 is 2.61 bits per heavy atom. The predicted molar refractivity (Wildman–Crippen MR) is 134 cm³/mol. The molecule has 3 aromatic rings. The molecule has 1 fully saturated rings. The first-order valence-electron chi connectivity index (χ1n) is 11.7. The summed E-state index contributed by atoms with van der Waals surface area (Å²) in [6.07, 6.45) is 1.71. The summed E-state index contributed by atoms with van der Waals surface area (Å²) < 4.78 is 0. The first-order valence-corrected chi connectivity index (χ1v) is 12.6. The Balaban J connectivity index is 1.12. The van der Waals surface area contributed by atoms with Gasteiger partial charge < -0.3 is 15.2 Å². The fourth-order valence-electron chi connectivity index (χ4n) is 4.28. The lowest BCUT2D eigenvalue weighted by Crippen LogP contribution is -2.46. The maximum Gasteiger partial charge on any atom is 0.259 e. The summed E-state index contributed by atoms with van der Waals surface area (Å²) in [5, 5.41) is 3.68. The number of carbonyl (C=O) groups is 1. The van der Waals surface area contributed by atoms with Crippen molar-refractivity contribution in [1.82, 2.24) is 25.1 Å². The monoisotopic (exact) mass is 467 g/mol. The summed E-state index contributed by atoms with van der Waals surface area (Å²) >= 11 is 1.53. The van der Waals surface area contributed by atoms with Crippen molar-refractivity contribution in [1.29, 1.82) is 0 Å². The molecule has 0 spiro atoms. The Labute approximate surface area is 198 Å². The van der Waals surface area contributed by atoms with E-state index in [9.17, 15) is 9.59 Å². The van der Waals surface area contributed by atoms with E-state index < -0.39 is 0 Å². The Morgan fingerprint density at radius 2 is 1.85 bits per heavy atom. The van der Waals surface area contributed by atoms with Gasteiger partial charge in [-0.05, 0) is 37.9 Å². The minimum atomic E-state index is -0.110. The van der Waals surface area contributed by atoms with E-state index in [2.05, 4.69) is 55.4 Å². The van der Waals surface area contributed by atoms with Crippen molar-refractivity contribution in [2.24, 2.45) is 0 Å². The summed E-state index contributed by atoms with van der Waals surface area (Å²) in [5.74, 6) is 0.584. The lowest BCUT2D eigenvalue weighted by molar-refractivity contribution is -0.121. The van der Waals surface area contributed by atoms with Gasteiger partial charge in [-0.1, -0.05) is 30.3 Å². The molecule has 1 saturated heterocycles. The van der Waals surface area contributed by atoms with Crippen LogP contribution in [0, 0.1) is 13.8 Å². The Bertz CT molecular complexity index is 1130. The molecule has 1 aromatic carbocycles. The van der Waals surface area contributed by atoms with E-state index in [4.69, 9.17) is 0 Å². The molecule has 0 bridgehead atoms. The fourth-order valence-corrected chi connectivity index (χ4v) is 5.33. The second-order valence-electron chi connectivity index (χ2n) is 8.78. The van der Waals surface area contributed by atoms with Gasteiger partial charge in [-0.3, -0.25) is 14.5 Å². The van der Waals surface area contributed by atoms with Crippen LogP contribution in [0.5, 0.6) is 0 Å². The molecule has 33 heavy (non-hydrogen) atoms. The average molecular weight is 468 g/mol. The number of fused-ring (bicyclic) bond motifs is 1. The molecular formula is C25H33N5O2S. The first-order chi connectivity index (χ1) is 16.0. The molecule has 0 saturated carbocycles. The van der Waals surface area contributed by atoms with Crippen molar-refractivity contribution in [2.45, 2.75) is 39.7 Å². The number of nitrogens with zero attached hydrogens (tertiary/aromatic N) is 3. The number of benzene rings is 1. The Kier molecular flexibility index (Phi) is 7.90. The average Bonchev–Trinajstić information content (AvgIpc) is 3.10. The molecule has 176 valence electrons. The van der Waals surface area contributed by atoms with Crippen molar-refractivity contribution in [3.8, 4) is 0 Å². The maximum absolute atomic E-state index is 12.4. The first kappa shape index (κ1) is 23.6. The number of piperazine rings is 1. The molecule has 2 N–H and O–H groups in total. The third-order valence-electron chi connectivity index (χ3n) is 6.36. The number of amides is 1. The normalized spacial score (nSPS) is 15.2. The summed E-state index contributed by atoms with van der Waals surface area (Å²) in [4.78, 5) is 38.8. The SMILES string of the molecule is Cc1sc2nc(CCC(=O)NCCCN3CCN(Cc4ccccc4)CC3)[nH]c(=O)c2c1C. The molecular weight excluding hydrogens is 434 g/mol. The van der Waals surface area contributed by atoms with Gasteiger partial charge in [-0.25, -0.2) is 4.98 Å². The van der Waals surface area contributed by atoms with E-state index in [0.717, 1.165) is 61.0 Å². The minimum absolute atomic E-state index is 0.00367. The number of nitrogens with one attached hydrogen (secondary N) is 2. The highest BCUT2D eigenvalue weighted by molar-refractivity contribution is 7.18. The van der Waals surface area contributed by atoms with Gasteiger partial charge in [-0.2, -0.15) is 0 Å². The smallest absolute Gasteiger partial charge is 0.259 e. The fraction of sp³-hybridized carbons (Fsp3) is 0.480. The molecule has 7 nitrogen and oxygen atoms in total. The standard InChI is InChI=1S/C25H33N5O2S/c1-18-19(2)33-25-23(18)24(32)27-21(28-25)9-10-22(31)26-11-6-12-29-13-15-30(16-14-29)17-20-7-4-3-5-8-20/h3-5,7-8H,6,9-17H2,1-2H3,(H,26,31)(H,27,28,32). The second-order valence-corrected chi connectivity index (χ2v) is 9.99. The third kappa shape index (κ3) is 6.28. The molecule has 1 aliphatic heterocycles. The summed E-state index contributed by atoms with van der Waals surface area (Å²) in [5.41, 5.74) is 2.25. The van der Waals surface area contributed by atoms with Crippen molar-refractivity contribution in [2.75, 3.05) is 39.3 Å². The van der Waals surface area contributed by atoms with Gasteiger partial charge in [-0.15, -0.1) is 11.3 Å². The van der Waals surface area contributed by atoms with Crippen LogP contribution in [0.2, 0.25) is 0 Å². The van der Waals surface area contributed by atoms with Crippen LogP contribution in [0.4, 0.5) is 0 Å². The van der Waals surface area contributed by atoms with Crippen LogP contribution in [0.15, 0.2) is 35.1 Å². The zero-order chi connectivity index (χ0) is 23.2. The number of rotatable bonds is 9. The van der Waals surface area contributed by atoms with Crippen LogP contribution in [0.25, 0.3) is 10.2 Å². The molecule has 3 heterocycles. The number of hydrogen-bond donors (Lipinski definition) is 2. The molecule has 1 aliphatic rings. The van der Waals surface area contributed by atoms with E-state index in [0.29, 0.717) is 30.6 Å². The van der Waals surface area contributed by atoms with Gasteiger partial charge in [0.25, 0.3) is 5.56 Å². The van der Waals surface area contributed by atoms with E-state index >= 15 is 0 Å². The molecule has 2 aromatic heterocycles. The van der Waals surface area contributed by atoms with E-state index in [1.165, 1.54) is 16.9 Å². The van der Waals surface area contributed by atoms with Gasteiger partial charge in [0.05, 0.1) is 5.39 Å². The van der Waals surface area contributed by atoms with E-state index in [-0.39, 0.29) is 11.5 Å². The van der Waals surface area contributed by atoms with Gasteiger partial charge >= 0.3 is 0 Å². The molecule has 0 unspecified atom stereocenters. The van der Waals surface area contributed by atoms with Crippen LogP contribution in [0.1, 0.15) is 34.7 Å². The zero-order valence-electron chi connectivity index (χ0n) is 19.5. The summed E-state index contributed by atoms with van der Waals surface area (Å²) in [7, 11) is 0. The van der Waals surface area contributed by atoms with Crippen LogP contribution < -0.4 is 10.9 Å². The lowest BCUT2D eigenvalue weighted by atomic mass is 10.2. The highest BCUT2D eigenvalue weighted by Crippen LogP contribution is 2.25. The predicted octanol–water partition coefficient (Wildman–Crippen LogP) is 2.86. The highest BCUT2D eigenvalue weighted by atomic mass is 32.1. The van der Waals surface area contributed by atoms with Crippen molar-refractivity contribution >= 4 is 27.5 Å². The van der Waals surface area contributed by atoms with Crippen molar-refractivity contribution < 1.29 is 4.79 Å². The number of aromatic amines is 1. The number of hydrogen-bond acceptors (Lipinski definition) is 6. The molecule has 1 amide bonds. The van der Waals surface area contributed by atoms with Crippen LogP contribution >= 0.6 is 11.3 Å². The molecule has 4 rings (SSSR count). The van der Waals surface area contributed by atoms with E-state index in [1.807, 2.05) is 13.8 Å². The Hall–Kier alpha value is -2.55. The van der Waals surface area contributed by atoms with Gasteiger partial charge in [0.1, 0.15) is 10.7 Å². The number of H-pyrrole nitrogens is 1. The second kappa shape index (κ2) is 11.0. The zero-order valence-corrected chi connectivity index (χ0v) is 20.3.